The lowest BCUT2D eigenvalue weighted by Crippen LogP contribution is -2.38. The molecule has 0 radical (unpaired) electrons. The van der Waals surface area contributed by atoms with Crippen molar-refractivity contribution in [1.29, 1.82) is 0 Å². The third-order valence-electron chi connectivity index (χ3n) is 4.64. The first-order chi connectivity index (χ1) is 14.2. The molecule has 3 rings (SSSR count). The number of aromatic nitrogens is 3. The van der Waals surface area contributed by atoms with E-state index in [0.717, 1.165) is 0 Å². The number of fused-ring (bicyclic) bond motifs is 1. The molecule has 0 saturated carbocycles. The van der Waals surface area contributed by atoms with Crippen LogP contribution >= 0.6 is 23.2 Å². The van der Waals surface area contributed by atoms with Crippen LogP contribution in [-0.4, -0.2) is 44.6 Å². The Morgan fingerprint density at radius 1 is 1.23 bits per heavy atom. The molecule has 2 aromatic heterocycles. The number of likely N-dealkylation sites (N-methyl/N-ethyl adjacent to an activating group) is 1. The van der Waals surface area contributed by atoms with Crippen LogP contribution < -0.4 is 5.32 Å². The lowest BCUT2D eigenvalue weighted by Gasteiger charge is -2.21. The zero-order valence-corrected chi connectivity index (χ0v) is 18.8. The smallest absolute Gasteiger partial charge is 0.255 e. The van der Waals surface area contributed by atoms with Gasteiger partial charge in [-0.15, -0.1) is 0 Å². The minimum absolute atomic E-state index is 0.105. The van der Waals surface area contributed by atoms with Gasteiger partial charge < -0.3 is 10.2 Å². The topological polar surface area (TPSA) is 80.1 Å². The summed E-state index contributed by atoms with van der Waals surface area (Å²) in [6.45, 7) is 7.86. The zero-order valence-electron chi connectivity index (χ0n) is 17.2. The van der Waals surface area contributed by atoms with Crippen LogP contribution in [-0.2, 0) is 4.79 Å². The molecule has 0 fully saturated rings. The molecule has 0 atom stereocenters. The molecule has 0 spiro atoms. The first-order valence-electron chi connectivity index (χ1n) is 9.60. The van der Waals surface area contributed by atoms with Crippen molar-refractivity contribution in [2.45, 2.75) is 33.7 Å². The molecule has 2 amide bonds. The van der Waals surface area contributed by atoms with Crippen LogP contribution in [0.2, 0.25) is 10.0 Å². The van der Waals surface area contributed by atoms with Gasteiger partial charge in [-0.25, -0.2) is 9.67 Å². The molecule has 2 heterocycles. The molecule has 0 aliphatic rings. The van der Waals surface area contributed by atoms with E-state index in [1.165, 1.54) is 4.90 Å². The number of nitrogens with one attached hydrogen (secondary N) is 1. The lowest BCUT2D eigenvalue weighted by molar-refractivity contribution is -0.116. The average Bonchev–Trinajstić information content (AvgIpc) is 3.12. The Labute approximate surface area is 185 Å². The Bertz CT molecular complexity index is 1090. The van der Waals surface area contributed by atoms with Gasteiger partial charge >= 0.3 is 0 Å². The summed E-state index contributed by atoms with van der Waals surface area (Å²) in [6, 6.07) is 6.79. The first kappa shape index (κ1) is 22.1. The molecule has 3 aromatic rings. The van der Waals surface area contributed by atoms with E-state index in [-0.39, 0.29) is 24.4 Å². The largest absolute Gasteiger partial charge is 0.330 e. The van der Waals surface area contributed by atoms with Crippen molar-refractivity contribution >= 4 is 51.7 Å². The van der Waals surface area contributed by atoms with Gasteiger partial charge in [0, 0.05) is 18.3 Å². The highest BCUT2D eigenvalue weighted by molar-refractivity contribution is 6.39. The fraction of sp³-hybridized carbons (Fsp3) is 0.333. The number of pyridine rings is 1. The molecule has 0 bridgehead atoms. The van der Waals surface area contributed by atoms with Crippen LogP contribution in [0.1, 0.15) is 42.9 Å². The zero-order chi connectivity index (χ0) is 22.0. The standard InChI is InChI=1S/C21H23Cl2N5O2/c1-5-27(11-18(29)26-19-16(22)7-6-8-17(19)23)21(30)14-9-13(4)25-20-15(14)10-24-28(20)12(2)3/h6-10,12H,5,11H2,1-4H3,(H,26,29). The first-order valence-corrected chi connectivity index (χ1v) is 10.4. The maximum atomic E-state index is 13.3. The van der Waals surface area contributed by atoms with Gasteiger partial charge in [0.2, 0.25) is 5.91 Å². The average molecular weight is 448 g/mol. The van der Waals surface area contributed by atoms with Gasteiger partial charge in [0.05, 0.1) is 32.9 Å². The number of hydrogen-bond acceptors (Lipinski definition) is 4. The highest BCUT2D eigenvalue weighted by Crippen LogP contribution is 2.29. The molecule has 30 heavy (non-hydrogen) atoms. The summed E-state index contributed by atoms with van der Waals surface area (Å²) in [4.78, 5) is 31.9. The maximum absolute atomic E-state index is 13.3. The SMILES string of the molecule is CCN(CC(=O)Nc1c(Cl)cccc1Cl)C(=O)c1cc(C)nc2c1cnn2C(C)C. The molecule has 0 aliphatic carbocycles. The number of anilines is 1. The molecule has 1 aromatic carbocycles. The fourth-order valence-electron chi connectivity index (χ4n) is 3.17. The number of hydrogen-bond donors (Lipinski definition) is 1. The van der Waals surface area contributed by atoms with E-state index in [9.17, 15) is 9.59 Å². The molecule has 0 unspecified atom stereocenters. The second-order valence-electron chi connectivity index (χ2n) is 7.20. The van der Waals surface area contributed by atoms with Gasteiger partial charge in [-0.2, -0.15) is 5.10 Å². The molecule has 0 saturated heterocycles. The number of nitrogens with zero attached hydrogens (tertiary/aromatic N) is 4. The number of aryl methyl sites for hydroxylation is 1. The Balaban J connectivity index is 1.87. The van der Waals surface area contributed by atoms with Gasteiger partial charge in [0.1, 0.15) is 6.54 Å². The number of benzene rings is 1. The van der Waals surface area contributed by atoms with E-state index in [0.29, 0.717) is 44.6 Å². The van der Waals surface area contributed by atoms with E-state index >= 15 is 0 Å². The molecule has 0 aliphatic heterocycles. The van der Waals surface area contributed by atoms with Crippen molar-refractivity contribution < 1.29 is 9.59 Å². The van der Waals surface area contributed by atoms with Crippen LogP contribution in [0.4, 0.5) is 5.69 Å². The summed E-state index contributed by atoms with van der Waals surface area (Å²) in [5.74, 6) is -0.656. The Hall–Kier alpha value is -2.64. The minimum atomic E-state index is -0.389. The number of halogens is 2. The quantitative estimate of drug-likeness (QED) is 0.592. The number of amides is 2. The summed E-state index contributed by atoms with van der Waals surface area (Å²) in [7, 11) is 0. The van der Waals surface area contributed by atoms with Crippen molar-refractivity contribution in [3.05, 3.63) is 51.8 Å². The number of carbonyl (C=O) groups is 2. The van der Waals surface area contributed by atoms with Crippen molar-refractivity contribution in [3.8, 4) is 0 Å². The van der Waals surface area contributed by atoms with E-state index in [1.807, 2.05) is 27.7 Å². The summed E-state index contributed by atoms with van der Waals surface area (Å²) in [6.07, 6.45) is 1.65. The highest BCUT2D eigenvalue weighted by atomic mass is 35.5. The van der Waals surface area contributed by atoms with E-state index < -0.39 is 0 Å². The van der Waals surface area contributed by atoms with E-state index in [4.69, 9.17) is 23.2 Å². The molecular formula is C21H23Cl2N5O2. The van der Waals surface area contributed by atoms with Crippen LogP contribution in [0.25, 0.3) is 11.0 Å². The van der Waals surface area contributed by atoms with Crippen LogP contribution in [0, 0.1) is 6.92 Å². The fourth-order valence-corrected chi connectivity index (χ4v) is 3.66. The van der Waals surface area contributed by atoms with E-state index in [2.05, 4.69) is 15.4 Å². The minimum Gasteiger partial charge on any atom is -0.330 e. The molecular weight excluding hydrogens is 425 g/mol. The predicted octanol–water partition coefficient (Wildman–Crippen LogP) is 4.73. The number of carbonyl (C=O) groups excluding carboxylic acids is 2. The Morgan fingerprint density at radius 2 is 1.90 bits per heavy atom. The van der Waals surface area contributed by atoms with Crippen molar-refractivity contribution in [3.63, 3.8) is 0 Å². The second kappa shape index (κ2) is 9.02. The number of para-hydroxylation sites is 1. The van der Waals surface area contributed by atoms with Gasteiger partial charge in [-0.3, -0.25) is 9.59 Å². The third-order valence-corrected chi connectivity index (χ3v) is 5.27. The summed E-state index contributed by atoms with van der Waals surface area (Å²) >= 11 is 12.2. The molecule has 1 N–H and O–H groups in total. The van der Waals surface area contributed by atoms with Crippen molar-refractivity contribution in [2.24, 2.45) is 0 Å². The molecule has 7 nitrogen and oxygen atoms in total. The van der Waals surface area contributed by atoms with Crippen LogP contribution in [0.5, 0.6) is 0 Å². The van der Waals surface area contributed by atoms with E-state index in [1.54, 1.807) is 35.1 Å². The predicted molar refractivity (Wildman–Crippen MR) is 119 cm³/mol. The van der Waals surface area contributed by atoms with Crippen molar-refractivity contribution in [1.82, 2.24) is 19.7 Å². The van der Waals surface area contributed by atoms with Gasteiger partial charge in [-0.05, 0) is 45.9 Å². The van der Waals surface area contributed by atoms with Gasteiger partial charge in [0.15, 0.2) is 5.65 Å². The highest BCUT2D eigenvalue weighted by Gasteiger charge is 2.23. The second-order valence-corrected chi connectivity index (χ2v) is 8.01. The monoisotopic (exact) mass is 447 g/mol. The Kier molecular flexibility index (Phi) is 6.63. The van der Waals surface area contributed by atoms with Crippen LogP contribution in [0.3, 0.4) is 0 Å². The summed E-state index contributed by atoms with van der Waals surface area (Å²) in [5.41, 5.74) is 2.15. The van der Waals surface area contributed by atoms with Gasteiger partial charge in [-0.1, -0.05) is 29.3 Å². The van der Waals surface area contributed by atoms with Crippen LogP contribution in [0.15, 0.2) is 30.5 Å². The Morgan fingerprint density at radius 3 is 2.50 bits per heavy atom. The number of rotatable bonds is 6. The van der Waals surface area contributed by atoms with Gasteiger partial charge in [0.25, 0.3) is 5.91 Å². The molecule has 158 valence electrons. The van der Waals surface area contributed by atoms with Crippen molar-refractivity contribution in [2.75, 3.05) is 18.4 Å². The summed E-state index contributed by atoms with van der Waals surface area (Å²) in [5, 5.41) is 8.39. The summed E-state index contributed by atoms with van der Waals surface area (Å²) < 4.78 is 1.78. The third kappa shape index (κ3) is 4.42. The molecule has 9 heteroatoms. The normalized spacial score (nSPS) is 11.2. The lowest BCUT2D eigenvalue weighted by atomic mass is 10.1. The maximum Gasteiger partial charge on any atom is 0.255 e.